The third-order valence-electron chi connectivity index (χ3n) is 5.23. The molecule has 0 saturated carbocycles. The van der Waals surface area contributed by atoms with Crippen LogP contribution in [-0.4, -0.2) is 43.7 Å². The largest absolute Gasteiger partial charge is 0.350 e. The first kappa shape index (κ1) is 22.0. The number of hydrogen-bond donors (Lipinski definition) is 2. The van der Waals surface area contributed by atoms with Gasteiger partial charge in [0.2, 0.25) is 10.0 Å². The fourth-order valence-corrected chi connectivity index (χ4v) is 4.76. The highest BCUT2D eigenvalue weighted by atomic mass is 32.2. The first-order valence-electron chi connectivity index (χ1n) is 10.1. The molecule has 1 heterocycles. The number of amides is 2. The van der Waals surface area contributed by atoms with Crippen LogP contribution in [0.1, 0.15) is 53.8 Å². The van der Waals surface area contributed by atoms with Crippen LogP contribution in [0.3, 0.4) is 0 Å². The minimum atomic E-state index is -3.52. The number of rotatable bonds is 7. The molecule has 1 saturated heterocycles. The van der Waals surface area contributed by atoms with E-state index in [1.807, 2.05) is 13.8 Å². The molecule has 0 unspecified atom stereocenters. The normalized spacial score (nSPS) is 15.5. The molecule has 0 radical (unpaired) electrons. The quantitative estimate of drug-likeness (QED) is 0.706. The lowest BCUT2D eigenvalue weighted by Crippen LogP contribution is -2.32. The number of nitrogens with one attached hydrogen (secondary N) is 2. The Bertz CT molecular complexity index is 1010. The molecule has 160 valence electrons. The van der Waals surface area contributed by atoms with Crippen molar-refractivity contribution < 1.29 is 18.0 Å². The second-order valence-corrected chi connectivity index (χ2v) is 9.36. The smallest absolute Gasteiger partial charge is 0.255 e. The van der Waals surface area contributed by atoms with Crippen LogP contribution in [0.25, 0.3) is 0 Å². The lowest BCUT2D eigenvalue weighted by Gasteiger charge is -2.16. The second-order valence-electron chi connectivity index (χ2n) is 7.42. The van der Waals surface area contributed by atoms with E-state index in [0.29, 0.717) is 29.9 Å². The summed E-state index contributed by atoms with van der Waals surface area (Å²) in [6.45, 7) is 4.95. The maximum Gasteiger partial charge on any atom is 0.255 e. The Morgan fingerprint density at radius 3 is 2.27 bits per heavy atom. The molecule has 0 aliphatic carbocycles. The van der Waals surface area contributed by atoms with Crippen molar-refractivity contribution in [1.29, 1.82) is 0 Å². The van der Waals surface area contributed by atoms with Gasteiger partial charge in [0.15, 0.2) is 0 Å². The number of nitrogens with zero attached hydrogens (tertiary/aromatic N) is 1. The van der Waals surface area contributed by atoms with Crippen LogP contribution in [0, 0.1) is 0 Å². The molecule has 0 bridgehead atoms. The van der Waals surface area contributed by atoms with E-state index in [0.717, 1.165) is 19.3 Å². The molecular weight excluding hydrogens is 402 g/mol. The number of benzene rings is 2. The summed E-state index contributed by atoms with van der Waals surface area (Å²) in [4.78, 5) is 25.4. The molecule has 2 N–H and O–H groups in total. The zero-order valence-corrected chi connectivity index (χ0v) is 18.0. The first-order valence-corrected chi connectivity index (χ1v) is 11.6. The van der Waals surface area contributed by atoms with Gasteiger partial charge in [-0.05, 0) is 62.6 Å². The van der Waals surface area contributed by atoms with Crippen LogP contribution in [0.5, 0.6) is 0 Å². The van der Waals surface area contributed by atoms with Crippen molar-refractivity contribution in [3.05, 3.63) is 59.7 Å². The van der Waals surface area contributed by atoms with Crippen molar-refractivity contribution in [2.75, 3.05) is 18.4 Å². The molecule has 1 aliphatic heterocycles. The highest BCUT2D eigenvalue weighted by Crippen LogP contribution is 2.22. The van der Waals surface area contributed by atoms with E-state index in [4.69, 9.17) is 0 Å². The van der Waals surface area contributed by atoms with Crippen LogP contribution < -0.4 is 10.6 Å². The van der Waals surface area contributed by atoms with Gasteiger partial charge >= 0.3 is 0 Å². The van der Waals surface area contributed by atoms with Gasteiger partial charge < -0.3 is 10.6 Å². The minimum Gasteiger partial charge on any atom is -0.350 e. The molecule has 1 fully saturated rings. The molecule has 1 atom stereocenters. The summed E-state index contributed by atoms with van der Waals surface area (Å²) in [5, 5.41) is 5.64. The molecule has 2 aromatic carbocycles. The molecule has 2 aromatic rings. The molecule has 0 spiro atoms. The van der Waals surface area contributed by atoms with Crippen LogP contribution in [0.15, 0.2) is 53.4 Å². The van der Waals surface area contributed by atoms with E-state index in [1.54, 1.807) is 24.3 Å². The Hall–Kier alpha value is -2.71. The SMILES string of the molecule is CC[C@@H](C)NC(=O)c1ccccc1NC(=O)c1ccc(S(=O)(=O)N2CCCC2)cc1. The van der Waals surface area contributed by atoms with Gasteiger partial charge in [0.1, 0.15) is 0 Å². The Balaban J connectivity index is 1.75. The van der Waals surface area contributed by atoms with E-state index < -0.39 is 15.9 Å². The van der Waals surface area contributed by atoms with Gasteiger partial charge in [0.25, 0.3) is 11.8 Å². The van der Waals surface area contributed by atoms with Crippen molar-refractivity contribution in [2.24, 2.45) is 0 Å². The van der Waals surface area contributed by atoms with Crippen LogP contribution >= 0.6 is 0 Å². The third kappa shape index (κ3) is 4.88. The highest BCUT2D eigenvalue weighted by Gasteiger charge is 2.27. The lowest BCUT2D eigenvalue weighted by molar-refractivity contribution is 0.0940. The Labute approximate surface area is 177 Å². The number of sulfonamides is 1. The first-order chi connectivity index (χ1) is 14.3. The molecule has 0 aromatic heterocycles. The summed E-state index contributed by atoms with van der Waals surface area (Å²) in [5.74, 6) is -0.670. The summed E-state index contributed by atoms with van der Waals surface area (Å²) in [7, 11) is -3.52. The van der Waals surface area contributed by atoms with Crippen molar-refractivity contribution in [3.63, 3.8) is 0 Å². The fourth-order valence-electron chi connectivity index (χ4n) is 3.24. The summed E-state index contributed by atoms with van der Waals surface area (Å²) in [5.41, 5.74) is 1.09. The van der Waals surface area contributed by atoms with E-state index >= 15 is 0 Å². The van der Waals surface area contributed by atoms with Gasteiger partial charge in [-0.25, -0.2) is 8.42 Å². The molecule has 8 heteroatoms. The van der Waals surface area contributed by atoms with Gasteiger partial charge in [-0.1, -0.05) is 19.1 Å². The predicted molar refractivity (Wildman–Crippen MR) is 116 cm³/mol. The minimum absolute atomic E-state index is 0.0198. The second kappa shape index (κ2) is 9.40. The average Bonchev–Trinajstić information content (AvgIpc) is 3.30. The van der Waals surface area contributed by atoms with Gasteiger partial charge in [-0.3, -0.25) is 9.59 Å². The van der Waals surface area contributed by atoms with Crippen LogP contribution in [0.2, 0.25) is 0 Å². The predicted octanol–water partition coefficient (Wildman–Crippen LogP) is 3.25. The van der Waals surface area contributed by atoms with E-state index in [-0.39, 0.29) is 16.8 Å². The summed E-state index contributed by atoms with van der Waals surface area (Å²) < 4.78 is 26.7. The van der Waals surface area contributed by atoms with Gasteiger partial charge in [0.05, 0.1) is 16.1 Å². The zero-order chi connectivity index (χ0) is 21.7. The molecule has 3 rings (SSSR count). The summed E-state index contributed by atoms with van der Waals surface area (Å²) in [6.07, 6.45) is 2.53. The Morgan fingerprint density at radius 2 is 1.63 bits per heavy atom. The maximum absolute atomic E-state index is 12.7. The standard InChI is InChI=1S/C22H27N3O4S/c1-3-16(2)23-22(27)19-8-4-5-9-20(19)24-21(26)17-10-12-18(13-11-17)30(28,29)25-14-6-7-15-25/h4-5,8-13,16H,3,6-7,14-15H2,1-2H3,(H,23,27)(H,24,26)/t16-/m1/s1. The van der Waals surface area contributed by atoms with Crippen molar-refractivity contribution >= 4 is 27.5 Å². The number of carbonyl (C=O) groups excluding carboxylic acids is 2. The average molecular weight is 430 g/mol. The Kier molecular flexibility index (Phi) is 6.89. The number of hydrogen-bond acceptors (Lipinski definition) is 4. The van der Waals surface area contributed by atoms with E-state index in [1.165, 1.54) is 28.6 Å². The molecule has 2 amide bonds. The molecule has 30 heavy (non-hydrogen) atoms. The summed E-state index contributed by atoms with van der Waals surface area (Å²) in [6, 6.07) is 12.7. The fraction of sp³-hybridized carbons (Fsp3) is 0.364. The van der Waals surface area contributed by atoms with Gasteiger partial charge in [-0.2, -0.15) is 4.31 Å². The number of para-hydroxylation sites is 1. The van der Waals surface area contributed by atoms with E-state index in [2.05, 4.69) is 10.6 Å². The van der Waals surface area contributed by atoms with Gasteiger partial charge in [0, 0.05) is 24.7 Å². The third-order valence-corrected chi connectivity index (χ3v) is 7.14. The lowest BCUT2D eigenvalue weighted by atomic mass is 10.1. The topological polar surface area (TPSA) is 95.6 Å². The molecule has 7 nitrogen and oxygen atoms in total. The van der Waals surface area contributed by atoms with E-state index in [9.17, 15) is 18.0 Å². The number of carbonyl (C=O) groups is 2. The molecule has 1 aliphatic rings. The van der Waals surface area contributed by atoms with Crippen molar-refractivity contribution in [2.45, 2.75) is 44.0 Å². The Morgan fingerprint density at radius 1 is 1.00 bits per heavy atom. The van der Waals surface area contributed by atoms with Crippen molar-refractivity contribution in [1.82, 2.24) is 9.62 Å². The zero-order valence-electron chi connectivity index (χ0n) is 17.2. The van der Waals surface area contributed by atoms with Crippen LogP contribution in [0.4, 0.5) is 5.69 Å². The maximum atomic E-state index is 12.7. The number of anilines is 1. The van der Waals surface area contributed by atoms with Crippen LogP contribution in [-0.2, 0) is 10.0 Å². The summed E-state index contributed by atoms with van der Waals surface area (Å²) >= 11 is 0. The van der Waals surface area contributed by atoms with Crippen molar-refractivity contribution in [3.8, 4) is 0 Å². The highest BCUT2D eigenvalue weighted by molar-refractivity contribution is 7.89. The molecular formula is C22H27N3O4S. The monoisotopic (exact) mass is 429 g/mol. The van der Waals surface area contributed by atoms with Gasteiger partial charge in [-0.15, -0.1) is 0 Å².